The van der Waals surface area contributed by atoms with Crippen LogP contribution in [0, 0.1) is 0 Å². The van der Waals surface area contributed by atoms with Crippen molar-refractivity contribution in [2.45, 2.75) is 53.8 Å². The lowest BCUT2D eigenvalue weighted by Crippen LogP contribution is -1.89. The molecule has 0 aromatic rings. The van der Waals surface area contributed by atoms with E-state index < -0.39 is 0 Å². The zero-order valence-corrected chi connectivity index (χ0v) is 15.3. The van der Waals surface area contributed by atoms with Crippen molar-refractivity contribution in [3.05, 3.63) is 0 Å². The van der Waals surface area contributed by atoms with Crippen LogP contribution >= 0.6 is 34.8 Å². The molecule has 0 heterocycles. The van der Waals surface area contributed by atoms with Gasteiger partial charge in [0, 0.05) is 17.0 Å². The molecule has 0 aliphatic heterocycles. The summed E-state index contributed by atoms with van der Waals surface area (Å²) in [5, 5.41) is 0. The van der Waals surface area contributed by atoms with Gasteiger partial charge in [0.15, 0.2) is 0 Å². The molecule has 100 valence electrons. The van der Waals surface area contributed by atoms with E-state index in [1.165, 1.54) is 13.8 Å². The molecule has 3 nitrogen and oxygen atoms in total. The predicted octanol–water partition coefficient (Wildman–Crippen LogP) is 4.19. The monoisotopic (exact) mass is 306 g/mol. The molecule has 16 heavy (non-hydrogen) atoms. The highest BCUT2D eigenvalue weighted by molar-refractivity contribution is 8.00. The van der Waals surface area contributed by atoms with E-state index >= 15 is 0 Å². The molecular weight excluding hydrogens is 280 g/mol. The Balaban J connectivity index is -0.000000162. The van der Waals surface area contributed by atoms with Crippen LogP contribution in [0.1, 0.15) is 41.5 Å². The number of carbonyl (C=O) groups excluding carboxylic acids is 1. The molecule has 0 bridgehead atoms. The fourth-order valence-corrected chi connectivity index (χ4v) is 2.45. The van der Waals surface area contributed by atoms with Crippen molar-refractivity contribution in [2.24, 2.45) is 0 Å². The summed E-state index contributed by atoms with van der Waals surface area (Å²) >= 11 is 0. The first kappa shape index (κ1) is 22.5. The predicted molar refractivity (Wildman–Crippen MR) is 84.8 cm³/mol. The van der Waals surface area contributed by atoms with E-state index in [1.807, 2.05) is 27.7 Å². The van der Waals surface area contributed by atoms with Crippen molar-refractivity contribution in [3.8, 4) is 0 Å². The van der Waals surface area contributed by atoms with Crippen LogP contribution in [0.5, 0.6) is 0 Å². The Labute approximate surface area is 109 Å². The lowest BCUT2D eigenvalue weighted by Gasteiger charge is -1.99. The molecular formula is C9H26O3P4. The molecule has 0 saturated heterocycles. The fraction of sp³-hybridized carbons (Fsp3) is 0.889. The summed E-state index contributed by atoms with van der Waals surface area (Å²) in [5.41, 5.74) is 0. The minimum Gasteiger partial charge on any atom is -0.356 e. The number of hydrogen-bond acceptors (Lipinski definition) is 3. The Bertz CT molecular complexity index is 129. The van der Waals surface area contributed by atoms with Gasteiger partial charge in [-0.05, 0) is 41.5 Å². The highest BCUT2D eigenvalue weighted by Crippen LogP contribution is 2.23. The Morgan fingerprint density at radius 1 is 0.938 bits per heavy atom. The Morgan fingerprint density at radius 2 is 1.12 bits per heavy atom. The number of carbonyl (C=O) groups is 1. The molecule has 0 aromatic carbocycles. The maximum Gasteiger partial charge on any atom is 0.126 e. The van der Waals surface area contributed by atoms with E-state index in [2.05, 4.69) is 17.9 Å². The molecule has 0 fully saturated rings. The standard InChI is InChI=1S/2C3H10OP2.C3H6O/c2*1-3(2)4-6-5;1-3(2)4/h2*3,6H,5H2,1-2H3;1-2H3. The first-order valence-corrected chi connectivity index (χ1v) is 10.4. The van der Waals surface area contributed by atoms with Gasteiger partial charge in [-0.2, -0.15) is 0 Å². The van der Waals surface area contributed by atoms with Crippen LogP contribution in [0.25, 0.3) is 0 Å². The van der Waals surface area contributed by atoms with Crippen molar-refractivity contribution in [3.63, 3.8) is 0 Å². The maximum absolute atomic E-state index is 9.44. The normalized spacial score (nSPS) is 10.6. The Hall–Kier alpha value is 1.31. The highest BCUT2D eigenvalue weighted by Gasteiger charge is 1.84. The van der Waals surface area contributed by atoms with Gasteiger partial charge in [0.05, 0.1) is 12.2 Å². The van der Waals surface area contributed by atoms with Crippen LogP contribution in [-0.4, -0.2) is 18.0 Å². The van der Waals surface area contributed by atoms with Crippen LogP contribution in [-0.2, 0) is 13.8 Å². The molecule has 0 aliphatic carbocycles. The van der Waals surface area contributed by atoms with Gasteiger partial charge in [0.1, 0.15) is 5.78 Å². The average molecular weight is 306 g/mol. The van der Waals surface area contributed by atoms with E-state index in [4.69, 9.17) is 9.05 Å². The van der Waals surface area contributed by atoms with Gasteiger partial charge in [-0.15, -0.1) is 0 Å². The topological polar surface area (TPSA) is 35.5 Å². The first-order chi connectivity index (χ1) is 7.27. The number of hydrogen-bond donors (Lipinski definition) is 0. The van der Waals surface area contributed by atoms with Gasteiger partial charge >= 0.3 is 0 Å². The smallest absolute Gasteiger partial charge is 0.126 e. The van der Waals surface area contributed by atoms with Crippen molar-refractivity contribution >= 4 is 40.6 Å². The second kappa shape index (κ2) is 18.7. The second-order valence-corrected chi connectivity index (χ2v) is 5.83. The second-order valence-electron chi connectivity index (χ2n) is 3.48. The largest absolute Gasteiger partial charge is 0.356 e. The van der Waals surface area contributed by atoms with Crippen LogP contribution < -0.4 is 0 Å². The van der Waals surface area contributed by atoms with E-state index in [9.17, 15) is 4.79 Å². The van der Waals surface area contributed by atoms with Crippen LogP contribution in [0.3, 0.4) is 0 Å². The third kappa shape index (κ3) is 58.7. The van der Waals surface area contributed by atoms with Crippen molar-refractivity contribution < 1.29 is 13.8 Å². The molecule has 4 unspecified atom stereocenters. The van der Waals surface area contributed by atoms with Crippen LogP contribution in [0.15, 0.2) is 0 Å². The molecule has 0 aromatic heterocycles. The van der Waals surface area contributed by atoms with Crippen molar-refractivity contribution in [1.29, 1.82) is 0 Å². The molecule has 0 rings (SSSR count). The minimum atomic E-state index is 0.167. The quantitative estimate of drug-likeness (QED) is 0.731. The van der Waals surface area contributed by atoms with Crippen LogP contribution in [0.2, 0.25) is 0 Å². The third-order valence-electron chi connectivity index (χ3n) is 0.607. The first-order valence-electron chi connectivity index (χ1n) is 4.97. The summed E-state index contributed by atoms with van der Waals surface area (Å²) in [6.07, 6.45) is 0.779. The maximum atomic E-state index is 9.44. The summed E-state index contributed by atoms with van der Waals surface area (Å²) in [6.45, 7) is 11.2. The summed E-state index contributed by atoms with van der Waals surface area (Å²) in [6, 6.07) is 0. The molecule has 0 radical (unpaired) electrons. The molecule has 0 spiro atoms. The fourth-order valence-electron chi connectivity index (χ4n) is 0.272. The third-order valence-corrected chi connectivity index (χ3v) is 2.64. The molecule has 4 atom stereocenters. The summed E-state index contributed by atoms with van der Waals surface area (Å²) < 4.78 is 10.1. The Morgan fingerprint density at radius 3 is 1.12 bits per heavy atom. The van der Waals surface area contributed by atoms with E-state index in [-0.39, 0.29) is 5.78 Å². The average Bonchev–Trinajstić information content (AvgIpc) is 2.02. The molecule has 0 amide bonds. The zero-order valence-electron chi connectivity index (χ0n) is 11.0. The summed E-state index contributed by atoms with van der Waals surface area (Å²) in [7, 11) is 6.17. The van der Waals surface area contributed by atoms with E-state index in [1.54, 1.807) is 0 Å². The van der Waals surface area contributed by atoms with Gasteiger partial charge in [0.2, 0.25) is 0 Å². The zero-order chi connectivity index (χ0) is 13.6. The molecule has 0 saturated carbocycles. The Kier molecular flexibility index (Phi) is 26.2. The van der Waals surface area contributed by atoms with E-state index in [0.29, 0.717) is 29.2 Å². The van der Waals surface area contributed by atoms with Gasteiger partial charge in [-0.1, -0.05) is 17.9 Å². The number of rotatable bonds is 4. The number of ketones is 1. The molecule has 7 heteroatoms. The van der Waals surface area contributed by atoms with E-state index in [0.717, 1.165) is 0 Å². The van der Waals surface area contributed by atoms with Crippen LogP contribution in [0.4, 0.5) is 0 Å². The summed E-state index contributed by atoms with van der Waals surface area (Å²) in [4.78, 5) is 9.44. The van der Waals surface area contributed by atoms with Gasteiger partial charge in [-0.25, -0.2) is 0 Å². The van der Waals surface area contributed by atoms with Gasteiger partial charge in [-0.3, -0.25) is 0 Å². The lowest BCUT2D eigenvalue weighted by molar-refractivity contribution is -0.114. The van der Waals surface area contributed by atoms with Gasteiger partial charge in [0.25, 0.3) is 0 Å². The SMILES string of the molecule is CC(C)=O.CC(C)OPP.CC(C)OPP. The lowest BCUT2D eigenvalue weighted by atomic mass is 10.5. The summed E-state index contributed by atoms with van der Waals surface area (Å²) in [5.74, 6) is 0.167. The molecule has 0 N–H and O–H groups in total. The number of Topliss-reactive ketones (excluding diaryl/α,β-unsaturated/α-hetero) is 1. The highest BCUT2D eigenvalue weighted by atomic mass is 32.0. The van der Waals surface area contributed by atoms with Gasteiger partial charge < -0.3 is 13.8 Å². The van der Waals surface area contributed by atoms with Crippen molar-refractivity contribution in [2.75, 3.05) is 0 Å². The minimum absolute atomic E-state index is 0.167. The molecule has 0 aliphatic rings. The van der Waals surface area contributed by atoms with Crippen molar-refractivity contribution in [1.82, 2.24) is 0 Å².